The number of thioether (sulfide) groups is 1. The highest BCUT2D eigenvalue weighted by Crippen LogP contribution is 2.20. The van der Waals surface area contributed by atoms with Gasteiger partial charge < -0.3 is 0 Å². The molecule has 0 fully saturated rings. The molecule has 0 aliphatic rings. The fourth-order valence-electron chi connectivity index (χ4n) is 1.46. The summed E-state index contributed by atoms with van der Waals surface area (Å²) in [4.78, 5) is 0. The summed E-state index contributed by atoms with van der Waals surface area (Å²) in [5.41, 5.74) is 2.25. The van der Waals surface area contributed by atoms with Crippen molar-refractivity contribution < 1.29 is 0 Å². The van der Waals surface area contributed by atoms with Crippen molar-refractivity contribution in [3.63, 3.8) is 0 Å². The predicted molar refractivity (Wildman–Crippen MR) is 63.5 cm³/mol. The average Bonchev–Trinajstić information content (AvgIpc) is 2.61. The molecule has 0 atom stereocenters. The van der Waals surface area contributed by atoms with Gasteiger partial charge in [-0.3, -0.25) is 4.40 Å². The number of rotatable bonds is 3. The summed E-state index contributed by atoms with van der Waals surface area (Å²) in [6, 6.07) is 4.15. The van der Waals surface area contributed by atoms with Crippen molar-refractivity contribution in [3.8, 4) is 0 Å². The first-order valence-electron chi connectivity index (χ1n) is 5.20. The lowest BCUT2D eigenvalue weighted by Gasteiger charge is -2.05. The quantitative estimate of drug-likeness (QED) is 0.746. The highest BCUT2D eigenvalue weighted by atomic mass is 32.2. The minimum Gasteiger partial charge on any atom is -0.277 e. The molecule has 0 aliphatic heterocycles. The Balaban J connectivity index is 2.51. The monoisotopic (exact) mass is 221 g/mol. The van der Waals surface area contributed by atoms with Gasteiger partial charge in [0.1, 0.15) is 0 Å². The highest BCUT2D eigenvalue weighted by Gasteiger charge is 2.06. The van der Waals surface area contributed by atoms with E-state index in [0.717, 1.165) is 16.6 Å². The van der Waals surface area contributed by atoms with Crippen LogP contribution in [0.3, 0.4) is 0 Å². The van der Waals surface area contributed by atoms with E-state index in [0.29, 0.717) is 5.92 Å². The molecule has 0 unspecified atom stereocenters. The van der Waals surface area contributed by atoms with Crippen LogP contribution in [-0.2, 0) is 0 Å². The Morgan fingerprint density at radius 3 is 2.80 bits per heavy atom. The molecule has 0 saturated heterocycles. The number of fused-ring (bicyclic) bond motifs is 1. The van der Waals surface area contributed by atoms with Gasteiger partial charge in [0.15, 0.2) is 10.8 Å². The van der Waals surface area contributed by atoms with Gasteiger partial charge in [0.2, 0.25) is 0 Å². The van der Waals surface area contributed by atoms with Gasteiger partial charge in [-0.05, 0) is 23.3 Å². The Labute approximate surface area is 93.9 Å². The predicted octanol–water partition coefficient (Wildman–Crippen LogP) is 2.96. The summed E-state index contributed by atoms with van der Waals surface area (Å²) in [7, 11) is 0. The van der Waals surface area contributed by atoms with Gasteiger partial charge in [-0.15, -0.1) is 10.2 Å². The summed E-state index contributed by atoms with van der Waals surface area (Å²) >= 11 is 1.72. The van der Waals surface area contributed by atoms with Crippen LogP contribution >= 0.6 is 11.8 Å². The van der Waals surface area contributed by atoms with Crippen molar-refractivity contribution in [2.45, 2.75) is 31.8 Å². The second-order valence-electron chi connectivity index (χ2n) is 3.76. The lowest BCUT2D eigenvalue weighted by atomic mass is 10.1. The fourth-order valence-corrected chi connectivity index (χ4v) is 2.10. The molecule has 0 bridgehead atoms. The zero-order valence-corrected chi connectivity index (χ0v) is 10.1. The van der Waals surface area contributed by atoms with Gasteiger partial charge in [0.25, 0.3) is 0 Å². The van der Waals surface area contributed by atoms with Gasteiger partial charge in [0, 0.05) is 6.20 Å². The lowest BCUT2D eigenvalue weighted by Crippen LogP contribution is -1.93. The lowest BCUT2D eigenvalue weighted by molar-refractivity contribution is 0.837. The molecule has 0 aromatic carbocycles. The van der Waals surface area contributed by atoms with Gasteiger partial charge in [-0.25, -0.2) is 0 Å². The minimum absolute atomic E-state index is 0.538. The summed E-state index contributed by atoms with van der Waals surface area (Å²) in [6.45, 7) is 6.51. The van der Waals surface area contributed by atoms with E-state index < -0.39 is 0 Å². The molecule has 15 heavy (non-hydrogen) atoms. The van der Waals surface area contributed by atoms with Crippen LogP contribution in [0.15, 0.2) is 23.5 Å². The normalized spacial score (nSPS) is 11.5. The van der Waals surface area contributed by atoms with Crippen molar-refractivity contribution in [1.29, 1.82) is 0 Å². The largest absolute Gasteiger partial charge is 0.277 e. The average molecular weight is 221 g/mol. The van der Waals surface area contributed by atoms with Crippen LogP contribution in [-0.4, -0.2) is 20.4 Å². The third-order valence-electron chi connectivity index (χ3n) is 2.33. The molecule has 80 valence electrons. The molecule has 0 aliphatic carbocycles. The molecular formula is C11H15N3S. The van der Waals surface area contributed by atoms with Crippen molar-refractivity contribution >= 4 is 17.4 Å². The number of hydrogen-bond acceptors (Lipinski definition) is 3. The van der Waals surface area contributed by atoms with Gasteiger partial charge in [-0.2, -0.15) is 0 Å². The SMILES string of the molecule is CCSc1nnc2ccc(C(C)C)cn12. The van der Waals surface area contributed by atoms with Crippen LogP contribution in [0.4, 0.5) is 0 Å². The van der Waals surface area contributed by atoms with Crippen molar-refractivity contribution in [2.75, 3.05) is 5.75 Å². The Morgan fingerprint density at radius 2 is 2.13 bits per heavy atom. The first-order valence-corrected chi connectivity index (χ1v) is 6.18. The van der Waals surface area contributed by atoms with Crippen molar-refractivity contribution in [3.05, 3.63) is 23.9 Å². The molecule has 3 nitrogen and oxygen atoms in total. The zero-order chi connectivity index (χ0) is 10.8. The molecule has 2 rings (SSSR count). The van der Waals surface area contributed by atoms with Crippen LogP contribution in [0.25, 0.3) is 5.65 Å². The number of pyridine rings is 1. The minimum atomic E-state index is 0.538. The third-order valence-corrected chi connectivity index (χ3v) is 3.16. The maximum atomic E-state index is 4.16. The third kappa shape index (κ3) is 2.00. The maximum absolute atomic E-state index is 4.16. The zero-order valence-electron chi connectivity index (χ0n) is 9.27. The highest BCUT2D eigenvalue weighted by molar-refractivity contribution is 7.99. The Hall–Kier alpha value is -1.03. The van der Waals surface area contributed by atoms with Gasteiger partial charge in [-0.1, -0.05) is 38.6 Å². The Kier molecular flexibility index (Phi) is 2.95. The standard InChI is InChI=1S/C11H15N3S/c1-4-15-11-13-12-10-6-5-9(8(2)3)7-14(10)11/h5-8H,4H2,1-3H3. The van der Waals surface area contributed by atoms with Gasteiger partial charge >= 0.3 is 0 Å². The summed E-state index contributed by atoms with van der Waals surface area (Å²) in [5.74, 6) is 1.56. The van der Waals surface area contributed by atoms with E-state index in [-0.39, 0.29) is 0 Å². The maximum Gasteiger partial charge on any atom is 0.195 e. The molecular weight excluding hydrogens is 206 g/mol. The second kappa shape index (κ2) is 4.23. The molecule has 0 N–H and O–H groups in total. The molecule has 2 aromatic rings. The topological polar surface area (TPSA) is 30.2 Å². The fraction of sp³-hybridized carbons (Fsp3) is 0.455. The second-order valence-corrected chi connectivity index (χ2v) is 4.99. The van der Waals surface area contributed by atoms with Crippen molar-refractivity contribution in [2.24, 2.45) is 0 Å². The van der Waals surface area contributed by atoms with E-state index in [9.17, 15) is 0 Å². The number of hydrogen-bond donors (Lipinski definition) is 0. The van der Waals surface area contributed by atoms with Crippen LogP contribution in [0, 0.1) is 0 Å². The summed E-state index contributed by atoms with van der Waals surface area (Å²) in [6.07, 6.45) is 2.14. The first-order chi connectivity index (χ1) is 7.22. The van der Waals surface area contributed by atoms with Crippen LogP contribution in [0.1, 0.15) is 32.3 Å². The van der Waals surface area contributed by atoms with E-state index >= 15 is 0 Å². The smallest absolute Gasteiger partial charge is 0.195 e. The number of nitrogens with zero attached hydrogens (tertiary/aromatic N) is 3. The van der Waals surface area contributed by atoms with E-state index in [1.807, 2.05) is 6.07 Å². The molecule has 0 spiro atoms. The van der Waals surface area contributed by atoms with Crippen LogP contribution in [0.5, 0.6) is 0 Å². The Morgan fingerprint density at radius 1 is 1.33 bits per heavy atom. The molecule has 0 amide bonds. The first kappa shape index (κ1) is 10.5. The van der Waals surface area contributed by atoms with Crippen LogP contribution < -0.4 is 0 Å². The number of aromatic nitrogens is 3. The molecule has 0 radical (unpaired) electrons. The Bertz CT molecular complexity index is 462. The molecule has 4 heteroatoms. The van der Waals surface area contributed by atoms with E-state index in [4.69, 9.17) is 0 Å². The summed E-state index contributed by atoms with van der Waals surface area (Å²) < 4.78 is 2.07. The van der Waals surface area contributed by atoms with E-state index in [1.165, 1.54) is 5.56 Å². The van der Waals surface area contributed by atoms with Gasteiger partial charge in [0.05, 0.1) is 0 Å². The van der Waals surface area contributed by atoms with E-state index in [2.05, 4.69) is 47.6 Å². The van der Waals surface area contributed by atoms with E-state index in [1.54, 1.807) is 11.8 Å². The molecule has 2 aromatic heterocycles. The molecule has 2 heterocycles. The molecule has 0 saturated carbocycles. The van der Waals surface area contributed by atoms with Crippen molar-refractivity contribution in [1.82, 2.24) is 14.6 Å². The van der Waals surface area contributed by atoms with Crippen LogP contribution in [0.2, 0.25) is 0 Å². The summed E-state index contributed by atoms with van der Waals surface area (Å²) in [5, 5.41) is 9.27.